The van der Waals surface area contributed by atoms with Crippen molar-refractivity contribution in [3.8, 4) is 12.0 Å². The molecule has 76 valence electrons. The van der Waals surface area contributed by atoms with Crippen molar-refractivity contribution in [2.45, 2.75) is 19.4 Å². The highest BCUT2D eigenvalue weighted by atomic mass is 16.4. The van der Waals surface area contributed by atoms with Gasteiger partial charge in [-0.25, -0.2) is 9.59 Å². The number of hydrogen-bond acceptors (Lipinski definition) is 4. The van der Waals surface area contributed by atoms with Crippen LogP contribution in [0.5, 0.6) is 0 Å². The molecule has 3 N–H and O–H groups in total. The molecule has 0 bridgehead atoms. The van der Waals surface area contributed by atoms with E-state index in [2.05, 4.69) is 0 Å². The Morgan fingerprint density at radius 2 is 1.93 bits per heavy atom. The van der Waals surface area contributed by atoms with Gasteiger partial charge in [0.2, 0.25) is 0 Å². The first-order valence-electron chi connectivity index (χ1n) is 3.74. The van der Waals surface area contributed by atoms with E-state index in [0.717, 1.165) is 0 Å². The smallest absolute Gasteiger partial charge is 0.383 e. The van der Waals surface area contributed by atoms with E-state index in [0.29, 0.717) is 0 Å². The number of carbonyl (C=O) groups excluding carboxylic acids is 1. The summed E-state index contributed by atoms with van der Waals surface area (Å²) < 4.78 is 0. The van der Waals surface area contributed by atoms with Crippen LogP contribution in [0.25, 0.3) is 0 Å². The Morgan fingerprint density at radius 3 is 2.29 bits per heavy atom. The normalized spacial score (nSPS) is 10.6. The molecular formula is C8H9NO5. The number of carboxylic acid groups (broad SMARTS) is 2. The zero-order chi connectivity index (χ0) is 11.1. The van der Waals surface area contributed by atoms with Gasteiger partial charge in [-0.15, -0.1) is 0 Å². The van der Waals surface area contributed by atoms with E-state index in [4.69, 9.17) is 10.2 Å². The maximum atomic E-state index is 11.0. The Balaban J connectivity index is 4.42. The Kier molecular flexibility index (Phi) is 4.78. The number of carbonyl (C=O) groups is 3. The summed E-state index contributed by atoms with van der Waals surface area (Å²) in [6.07, 6.45) is 0.0404. The van der Waals surface area contributed by atoms with Crippen LogP contribution >= 0.6 is 0 Å². The Labute approximate surface area is 79.9 Å². The molecule has 0 spiro atoms. The minimum absolute atomic E-state index is 0.0404. The van der Waals surface area contributed by atoms with Gasteiger partial charge in [-0.3, -0.25) is 4.79 Å². The number of rotatable bonds is 4. The van der Waals surface area contributed by atoms with Crippen LogP contribution in [0, 0.1) is 12.0 Å². The first-order chi connectivity index (χ1) is 6.49. The third-order valence-electron chi connectivity index (χ3n) is 1.30. The highest BCUT2D eigenvalue weighted by molar-refractivity contribution is 6.02. The first kappa shape index (κ1) is 12.0. The zero-order valence-corrected chi connectivity index (χ0v) is 7.40. The largest absolute Gasteiger partial charge is 0.479 e. The van der Waals surface area contributed by atoms with Gasteiger partial charge in [0.1, 0.15) is 0 Å². The molecule has 0 rings (SSSR count). The van der Waals surface area contributed by atoms with Crippen molar-refractivity contribution in [3.05, 3.63) is 0 Å². The van der Waals surface area contributed by atoms with Crippen LogP contribution in [-0.4, -0.2) is 34.0 Å². The van der Waals surface area contributed by atoms with Gasteiger partial charge in [0, 0.05) is 18.4 Å². The van der Waals surface area contributed by atoms with E-state index in [1.807, 2.05) is 11.4 Å². The van der Waals surface area contributed by atoms with Gasteiger partial charge < -0.3 is 15.5 Å². The number of nitrogens with one attached hydrogen (secondary N) is 1. The van der Waals surface area contributed by atoms with E-state index < -0.39 is 23.8 Å². The molecule has 0 aliphatic carbocycles. The summed E-state index contributed by atoms with van der Waals surface area (Å²) in [7, 11) is 0. The van der Waals surface area contributed by atoms with E-state index in [-0.39, 0.29) is 6.42 Å². The number of aliphatic carboxylic acids is 2. The molecule has 0 amide bonds. The molecule has 0 aromatic rings. The van der Waals surface area contributed by atoms with Crippen LogP contribution in [0.3, 0.4) is 0 Å². The van der Waals surface area contributed by atoms with E-state index in [1.54, 1.807) is 5.92 Å². The molecule has 0 aliphatic heterocycles. The molecule has 0 aromatic heterocycles. The third-order valence-corrected chi connectivity index (χ3v) is 1.30. The molecular weight excluding hydrogens is 190 g/mol. The lowest BCUT2D eigenvalue weighted by molar-refractivity contribution is -0.143. The topological polar surface area (TPSA) is 104 Å². The number of carboxylic acids is 2. The van der Waals surface area contributed by atoms with Crippen molar-refractivity contribution in [2.75, 3.05) is 0 Å². The summed E-state index contributed by atoms with van der Waals surface area (Å²) in [4.78, 5) is 31.4. The van der Waals surface area contributed by atoms with E-state index >= 15 is 0 Å². The SMILES string of the molecule is CCC(=O)[C@@H](NC#CC(=O)O)C(=O)O. The maximum absolute atomic E-state index is 11.0. The highest BCUT2D eigenvalue weighted by Crippen LogP contribution is 1.90. The molecule has 0 saturated heterocycles. The van der Waals surface area contributed by atoms with Crippen molar-refractivity contribution in [3.63, 3.8) is 0 Å². The predicted octanol–water partition coefficient (Wildman–Crippen LogP) is -0.946. The molecule has 6 nitrogen and oxygen atoms in total. The van der Waals surface area contributed by atoms with Crippen LogP contribution in [0.4, 0.5) is 0 Å². The fourth-order valence-corrected chi connectivity index (χ4v) is 0.646. The number of hydrogen-bond donors (Lipinski definition) is 3. The molecule has 0 fully saturated rings. The van der Waals surface area contributed by atoms with Crippen LogP contribution in [0.1, 0.15) is 13.3 Å². The third kappa shape index (κ3) is 4.11. The van der Waals surface area contributed by atoms with E-state index in [9.17, 15) is 14.4 Å². The average molecular weight is 199 g/mol. The lowest BCUT2D eigenvalue weighted by Crippen LogP contribution is -2.40. The summed E-state index contributed by atoms with van der Waals surface area (Å²) in [5.74, 6) is -1.68. The van der Waals surface area contributed by atoms with Gasteiger partial charge in [-0.1, -0.05) is 6.92 Å². The summed E-state index contributed by atoms with van der Waals surface area (Å²) in [5, 5.41) is 18.7. The lowest BCUT2D eigenvalue weighted by atomic mass is 10.1. The van der Waals surface area contributed by atoms with Crippen LogP contribution in [-0.2, 0) is 14.4 Å². The van der Waals surface area contributed by atoms with Crippen LogP contribution < -0.4 is 5.32 Å². The monoisotopic (exact) mass is 199 g/mol. The molecule has 0 heterocycles. The molecule has 14 heavy (non-hydrogen) atoms. The predicted molar refractivity (Wildman–Crippen MR) is 45.3 cm³/mol. The van der Waals surface area contributed by atoms with Crippen molar-refractivity contribution < 1.29 is 24.6 Å². The molecule has 1 atom stereocenters. The molecule has 6 heteroatoms. The lowest BCUT2D eigenvalue weighted by Gasteiger charge is -2.07. The van der Waals surface area contributed by atoms with E-state index in [1.165, 1.54) is 6.92 Å². The van der Waals surface area contributed by atoms with Gasteiger partial charge in [-0.05, 0) is 0 Å². The molecule has 0 aromatic carbocycles. The first-order valence-corrected chi connectivity index (χ1v) is 3.74. The highest BCUT2D eigenvalue weighted by Gasteiger charge is 2.22. The fourth-order valence-electron chi connectivity index (χ4n) is 0.646. The Hall–Kier alpha value is -2.03. The number of Topliss-reactive ketones (excluding diaryl/α,β-unsaturated/α-hetero) is 1. The molecule has 0 aliphatic rings. The standard InChI is InChI=1S/C8H9NO5/c1-2-5(10)7(8(13)14)9-4-3-6(11)12/h7,9H,2H2,1H3,(H,11,12)(H,13,14)/t7-/m1/s1. The zero-order valence-electron chi connectivity index (χ0n) is 7.40. The second-order valence-electron chi connectivity index (χ2n) is 2.29. The van der Waals surface area contributed by atoms with Gasteiger partial charge in [0.25, 0.3) is 0 Å². The second-order valence-corrected chi connectivity index (χ2v) is 2.29. The minimum Gasteiger partial charge on any atom is -0.479 e. The summed E-state index contributed by atoms with van der Waals surface area (Å²) in [5.41, 5.74) is 0. The van der Waals surface area contributed by atoms with Crippen molar-refractivity contribution >= 4 is 17.7 Å². The quantitative estimate of drug-likeness (QED) is 0.306. The Bertz CT molecular complexity index is 311. The summed E-state index contributed by atoms with van der Waals surface area (Å²) in [6.45, 7) is 1.50. The summed E-state index contributed by atoms with van der Waals surface area (Å²) >= 11 is 0. The van der Waals surface area contributed by atoms with Crippen LogP contribution in [0.2, 0.25) is 0 Å². The fraction of sp³-hybridized carbons (Fsp3) is 0.375. The van der Waals surface area contributed by atoms with Crippen molar-refractivity contribution in [1.82, 2.24) is 5.32 Å². The second kappa shape index (κ2) is 5.59. The minimum atomic E-state index is -1.47. The Morgan fingerprint density at radius 1 is 1.36 bits per heavy atom. The van der Waals surface area contributed by atoms with Gasteiger partial charge >= 0.3 is 11.9 Å². The van der Waals surface area contributed by atoms with Crippen LogP contribution in [0.15, 0.2) is 0 Å². The maximum Gasteiger partial charge on any atom is 0.383 e. The van der Waals surface area contributed by atoms with Crippen molar-refractivity contribution in [1.29, 1.82) is 0 Å². The molecule has 0 radical (unpaired) electrons. The van der Waals surface area contributed by atoms with Gasteiger partial charge in [-0.2, -0.15) is 0 Å². The summed E-state index contributed by atoms with van der Waals surface area (Å²) in [6, 6.07) is 0.414. The van der Waals surface area contributed by atoms with Gasteiger partial charge in [0.05, 0.1) is 0 Å². The average Bonchev–Trinajstić information content (AvgIpc) is 2.10. The van der Waals surface area contributed by atoms with Crippen molar-refractivity contribution in [2.24, 2.45) is 0 Å². The number of ketones is 1. The molecule has 0 saturated carbocycles. The van der Waals surface area contributed by atoms with Gasteiger partial charge in [0.15, 0.2) is 11.8 Å². The molecule has 0 unspecified atom stereocenters.